The van der Waals surface area contributed by atoms with E-state index in [1.807, 2.05) is 0 Å². The van der Waals surface area contributed by atoms with E-state index in [0.29, 0.717) is 16.2 Å². The van der Waals surface area contributed by atoms with Crippen LogP contribution in [0.1, 0.15) is 71.6 Å². The monoisotopic (exact) mass is 394 g/mol. The lowest BCUT2D eigenvalue weighted by Crippen LogP contribution is -2.49. The van der Waals surface area contributed by atoms with E-state index in [4.69, 9.17) is 4.74 Å². The lowest BCUT2D eigenvalue weighted by Gasteiger charge is -2.57. The number of hydrogen-bond acceptors (Lipinski definition) is 2. The van der Waals surface area contributed by atoms with Gasteiger partial charge >= 0.3 is 5.97 Å². The molecule has 0 aliphatic heterocycles. The highest BCUT2D eigenvalue weighted by molar-refractivity contribution is 9.09. The summed E-state index contributed by atoms with van der Waals surface area (Å²) in [6.45, 7) is 5.09. The molecule has 3 heteroatoms. The Hall–Kier alpha value is -0.310. The lowest BCUT2D eigenvalue weighted by atomic mass is 9.48. The Morgan fingerprint density at radius 3 is 2.83 bits per heavy atom. The van der Waals surface area contributed by atoms with Crippen LogP contribution in [-0.2, 0) is 9.53 Å². The summed E-state index contributed by atoms with van der Waals surface area (Å²) < 4.78 is 5.63. The Labute approximate surface area is 154 Å². The van der Waals surface area contributed by atoms with Gasteiger partial charge in [0.1, 0.15) is 11.4 Å². The van der Waals surface area contributed by atoms with Gasteiger partial charge in [0.25, 0.3) is 0 Å². The molecule has 0 aromatic heterocycles. The number of alkyl halides is 1. The Balaban J connectivity index is 1.55. The van der Waals surface area contributed by atoms with Crippen LogP contribution in [0.15, 0.2) is 11.6 Å². The predicted molar refractivity (Wildman–Crippen MR) is 100.0 cm³/mol. The highest BCUT2D eigenvalue weighted by Crippen LogP contribution is 2.64. The van der Waals surface area contributed by atoms with Crippen LogP contribution >= 0.6 is 15.9 Å². The van der Waals surface area contributed by atoms with Crippen LogP contribution in [0.3, 0.4) is 0 Å². The second-order valence-electron chi connectivity index (χ2n) is 9.33. The molecule has 6 atom stereocenters. The third-order valence-electron chi connectivity index (χ3n) is 8.25. The third-order valence-corrected chi connectivity index (χ3v) is 8.70. The fourth-order valence-corrected chi connectivity index (χ4v) is 7.07. The van der Waals surface area contributed by atoms with Gasteiger partial charge in [-0.25, -0.2) is 0 Å². The van der Waals surface area contributed by atoms with Crippen LogP contribution in [0.4, 0.5) is 0 Å². The molecule has 24 heavy (non-hydrogen) atoms. The topological polar surface area (TPSA) is 26.3 Å². The van der Waals surface area contributed by atoms with Gasteiger partial charge in [0.2, 0.25) is 0 Å². The van der Waals surface area contributed by atoms with Crippen molar-refractivity contribution in [1.29, 1.82) is 0 Å². The number of halogens is 1. The number of fused-ring (bicyclic) bond motifs is 5. The van der Waals surface area contributed by atoms with E-state index in [1.165, 1.54) is 44.9 Å². The molecule has 4 rings (SSSR count). The molecule has 0 heterocycles. The first-order chi connectivity index (χ1) is 11.5. The Kier molecular flexibility index (Phi) is 4.38. The molecule has 4 aliphatic carbocycles. The van der Waals surface area contributed by atoms with E-state index in [9.17, 15) is 4.79 Å². The quantitative estimate of drug-likeness (QED) is 0.343. The zero-order chi connectivity index (χ0) is 16.9. The highest BCUT2D eigenvalue weighted by atomic mass is 79.9. The largest absolute Gasteiger partial charge is 0.461 e. The maximum atomic E-state index is 11.6. The summed E-state index contributed by atoms with van der Waals surface area (Å²) in [4.78, 5) is 11.6. The molecule has 0 radical (unpaired) electrons. The van der Waals surface area contributed by atoms with Crippen LogP contribution in [0, 0.1) is 28.6 Å². The Morgan fingerprint density at radius 2 is 2.04 bits per heavy atom. The molecule has 0 spiro atoms. The maximum Gasteiger partial charge on any atom is 0.316 e. The maximum absolute atomic E-state index is 11.6. The molecular weight excluding hydrogens is 364 g/mol. The average Bonchev–Trinajstić information content (AvgIpc) is 2.97. The van der Waals surface area contributed by atoms with Gasteiger partial charge in [-0.2, -0.15) is 0 Å². The van der Waals surface area contributed by atoms with Crippen LogP contribution < -0.4 is 0 Å². The highest BCUT2D eigenvalue weighted by Gasteiger charge is 2.55. The van der Waals surface area contributed by atoms with Gasteiger partial charge in [-0.1, -0.05) is 47.8 Å². The molecule has 3 saturated carbocycles. The van der Waals surface area contributed by atoms with E-state index in [0.717, 1.165) is 30.6 Å². The molecule has 2 nitrogen and oxygen atoms in total. The summed E-state index contributed by atoms with van der Waals surface area (Å²) in [7, 11) is 0. The lowest BCUT2D eigenvalue weighted by molar-refractivity contribution is -0.148. The number of allylic oxidation sites excluding steroid dienone is 1. The molecule has 0 amide bonds. The van der Waals surface area contributed by atoms with Crippen molar-refractivity contribution >= 4 is 21.9 Å². The van der Waals surface area contributed by atoms with E-state index < -0.39 is 0 Å². The molecule has 0 bridgehead atoms. The first-order valence-corrected chi connectivity index (χ1v) is 11.0. The van der Waals surface area contributed by atoms with Crippen molar-refractivity contribution < 1.29 is 9.53 Å². The van der Waals surface area contributed by atoms with Crippen molar-refractivity contribution in [1.82, 2.24) is 0 Å². The second-order valence-corrected chi connectivity index (χ2v) is 9.89. The van der Waals surface area contributed by atoms with E-state index in [-0.39, 0.29) is 12.1 Å². The number of carbonyl (C=O) groups excluding carboxylic acids is 1. The molecule has 4 aliphatic rings. The fourth-order valence-electron chi connectivity index (χ4n) is 6.94. The van der Waals surface area contributed by atoms with Crippen molar-refractivity contribution in [3.63, 3.8) is 0 Å². The van der Waals surface area contributed by atoms with Crippen LogP contribution in [-0.4, -0.2) is 17.4 Å². The molecule has 0 aromatic rings. The van der Waals surface area contributed by atoms with Crippen LogP contribution in [0.5, 0.6) is 0 Å². The number of rotatable bonds is 2. The van der Waals surface area contributed by atoms with Crippen molar-refractivity contribution in [2.45, 2.75) is 77.7 Å². The molecule has 0 saturated heterocycles. The summed E-state index contributed by atoms with van der Waals surface area (Å²) in [5, 5.41) is 0.310. The molecule has 3 fully saturated rings. The number of esters is 1. The third kappa shape index (κ3) is 2.61. The molecule has 134 valence electrons. The summed E-state index contributed by atoms with van der Waals surface area (Å²) in [5.41, 5.74) is 2.60. The molecule has 0 N–H and O–H groups in total. The standard InChI is InChI=1S/C21H31BrO2/c1-20-9-3-4-17(20)16-6-5-14-12-15(24-19(23)13-22)7-11-21(14,2)18(16)8-10-20/h5,15-18H,3-4,6-13H2,1-2H3/t15-,16+,17+,18+,20+,21-/m0/s1. The zero-order valence-electron chi connectivity index (χ0n) is 15.2. The van der Waals surface area contributed by atoms with Gasteiger partial charge in [0.15, 0.2) is 0 Å². The van der Waals surface area contributed by atoms with Crippen LogP contribution in [0.2, 0.25) is 0 Å². The molecular formula is C21H31BrO2. The van der Waals surface area contributed by atoms with Crippen LogP contribution in [0.25, 0.3) is 0 Å². The summed E-state index contributed by atoms with van der Waals surface area (Å²) in [5.74, 6) is 2.61. The first-order valence-electron chi connectivity index (χ1n) is 9.91. The minimum Gasteiger partial charge on any atom is -0.461 e. The van der Waals surface area contributed by atoms with Gasteiger partial charge in [0.05, 0.1) is 0 Å². The summed E-state index contributed by atoms with van der Waals surface area (Å²) >= 11 is 3.21. The normalized spacial score (nSPS) is 47.2. The van der Waals surface area contributed by atoms with Gasteiger partial charge < -0.3 is 4.74 Å². The fraction of sp³-hybridized carbons (Fsp3) is 0.857. The van der Waals surface area contributed by atoms with Gasteiger partial charge in [-0.15, -0.1) is 0 Å². The predicted octanol–water partition coefficient (Wildman–Crippen LogP) is 5.65. The van der Waals surface area contributed by atoms with Crippen molar-refractivity contribution in [3.05, 3.63) is 11.6 Å². The van der Waals surface area contributed by atoms with E-state index >= 15 is 0 Å². The molecule has 0 unspecified atom stereocenters. The van der Waals surface area contributed by atoms with Gasteiger partial charge in [-0.05, 0) is 73.5 Å². The van der Waals surface area contributed by atoms with Crippen molar-refractivity contribution in [2.24, 2.45) is 28.6 Å². The van der Waals surface area contributed by atoms with E-state index in [2.05, 4.69) is 35.9 Å². The Bertz CT molecular complexity index is 556. The summed E-state index contributed by atoms with van der Waals surface area (Å²) in [6.07, 6.45) is 14.4. The van der Waals surface area contributed by atoms with Gasteiger partial charge in [-0.3, -0.25) is 4.79 Å². The molecule has 0 aromatic carbocycles. The first kappa shape index (κ1) is 17.1. The van der Waals surface area contributed by atoms with Gasteiger partial charge in [0, 0.05) is 6.42 Å². The Morgan fingerprint density at radius 1 is 1.21 bits per heavy atom. The van der Waals surface area contributed by atoms with E-state index in [1.54, 1.807) is 5.57 Å². The second kappa shape index (κ2) is 6.14. The number of carbonyl (C=O) groups is 1. The smallest absolute Gasteiger partial charge is 0.316 e. The number of hydrogen-bond donors (Lipinski definition) is 0. The SMILES string of the molecule is C[C@]12CCC[C@@H]1[C@H]1CC=C3C[C@@H](OC(=O)CBr)CC[C@]3(C)[C@@H]1CC2. The minimum atomic E-state index is -0.114. The van der Waals surface area contributed by atoms with Crippen molar-refractivity contribution in [3.8, 4) is 0 Å². The average molecular weight is 395 g/mol. The minimum absolute atomic E-state index is 0.103. The zero-order valence-corrected chi connectivity index (χ0v) is 16.7. The van der Waals surface area contributed by atoms with Crippen molar-refractivity contribution in [2.75, 3.05) is 5.33 Å². The number of ether oxygens (including phenoxy) is 1. The summed E-state index contributed by atoms with van der Waals surface area (Å²) in [6, 6.07) is 0.